The largest absolute Gasteiger partial charge is 0.479 e. The van der Waals surface area contributed by atoms with E-state index in [9.17, 15) is 19.1 Å². The highest BCUT2D eigenvalue weighted by Crippen LogP contribution is 2.31. The van der Waals surface area contributed by atoms with Crippen molar-refractivity contribution < 1.29 is 19.1 Å². The van der Waals surface area contributed by atoms with Crippen LogP contribution in [0.2, 0.25) is 0 Å². The average molecular weight is 318 g/mol. The molecule has 4 nitrogen and oxygen atoms in total. The molecule has 0 aliphatic rings. The fraction of sp³-hybridized carbons (Fsp3) is 0.333. The molecule has 0 bridgehead atoms. The van der Waals surface area contributed by atoms with Gasteiger partial charge < -0.3 is 10.0 Å². The zero-order chi connectivity index (χ0) is 14.1. The molecule has 0 heterocycles. The molecule has 0 fully saturated rings. The van der Waals surface area contributed by atoms with Crippen LogP contribution < -0.4 is 0 Å². The summed E-state index contributed by atoms with van der Waals surface area (Å²) in [5.41, 5.74) is -1.80. The van der Waals surface area contributed by atoms with Crippen molar-refractivity contribution in [3.8, 4) is 0 Å². The molecular formula is C12H13BrFNO3. The highest BCUT2D eigenvalue weighted by Gasteiger charge is 2.42. The third-order valence-electron chi connectivity index (χ3n) is 3.02. The number of hydrogen-bond acceptors (Lipinski definition) is 2. The lowest BCUT2D eigenvalue weighted by Gasteiger charge is -2.35. The van der Waals surface area contributed by atoms with Gasteiger partial charge in [0, 0.05) is 24.0 Å². The maximum atomic E-state index is 13.9. The lowest BCUT2D eigenvalue weighted by molar-refractivity contribution is -0.156. The molecule has 0 aliphatic heterocycles. The number of hydrogen-bond donors (Lipinski definition) is 1. The van der Waals surface area contributed by atoms with Gasteiger partial charge in [-0.05, 0) is 19.1 Å². The van der Waals surface area contributed by atoms with Gasteiger partial charge in [0.05, 0.1) is 0 Å². The first-order chi connectivity index (χ1) is 8.21. The van der Waals surface area contributed by atoms with Gasteiger partial charge in [-0.25, -0.2) is 9.18 Å². The molecule has 0 radical (unpaired) electrons. The van der Waals surface area contributed by atoms with E-state index in [0.717, 1.165) is 4.90 Å². The number of carboxylic acids is 1. The van der Waals surface area contributed by atoms with Gasteiger partial charge in [-0.15, -0.1) is 0 Å². The van der Waals surface area contributed by atoms with Crippen molar-refractivity contribution in [1.29, 1.82) is 0 Å². The second-order valence-electron chi connectivity index (χ2n) is 4.08. The number of nitrogens with zero attached hydrogens (tertiary/aromatic N) is 1. The van der Waals surface area contributed by atoms with Crippen LogP contribution in [0.15, 0.2) is 22.7 Å². The van der Waals surface area contributed by atoms with Crippen LogP contribution in [0.1, 0.15) is 19.4 Å². The van der Waals surface area contributed by atoms with E-state index in [4.69, 9.17) is 0 Å². The number of aliphatic carboxylic acids is 1. The number of carbonyl (C=O) groups excluding carboxylic acids is 1. The minimum absolute atomic E-state index is 0.0594. The number of amides is 1. The van der Waals surface area contributed by atoms with Gasteiger partial charge >= 0.3 is 5.97 Å². The number of carboxylic acid groups (broad SMARTS) is 1. The van der Waals surface area contributed by atoms with E-state index in [1.165, 1.54) is 39.1 Å². The van der Waals surface area contributed by atoms with Gasteiger partial charge in [-0.2, -0.15) is 0 Å². The summed E-state index contributed by atoms with van der Waals surface area (Å²) in [4.78, 5) is 23.8. The van der Waals surface area contributed by atoms with Crippen LogP contribution >= 0.6 is 15.9 Å². The average Bonchev–Trinajstić information content (AvgIpc) is 2.26. The summed E-state index contributed by atoms with van der Waals surface area (Å²) in [6.45, 7) is 2.53. The Hall–Kier alpha value is -1.43. The SMILES string of the molecule is CC(=O)N(C)C(C)(C(=O)O)c1ccc(Br)cc1F. The normalized spacial score (nSPS) is 13.8. The predicted octanol–water partition coefficient (Wildman–Crippen LogP) is 2.37. The van der Waals surface area contributed by atoms with E-state index >= 15 is 0 Å². The summed E-state index contributed by atoms with van der Waals surface area (Å²) in [6, 6.07) is 4.06. The van der Waals surface area contributed by atoms with Crippen LogP contribution in [0.4, 0.5) is 4.39 Å². The maximum absolute atomic E-state index is 13.9. The lowest BCUT2D eigenvalue weighted by atomic mass is 9.90. The van der Waals surface area contributed by atoms with E-state index in [2.05, 4.69) is 15.9 Å². The van der Waals surface area contributed by atoms with Crippen LogP contribution in [0.5, 0.6) is 0 Å². The molecule has 0 saturated heterocycles. The van der Waals surface area contributed by atoms with Gasteiger partial charge in [0.1, 0.15) is 5.82 Å². The molecule has 18 heavy (non-hydrogen) atoms. The van der Waals surface area contributed by atoms with Gasteiger partial charge in [0.2, 0.25) is 5.91 Å². The Balaban J connectivity index is 3.45. The number of likely N-dealkylation sites (N-methyl/N-ethyl adjacent to an activating group) is 1. The van der Waals surface area contributed by atoms with Crippen molar-refractivity contribution in [3.05, 3.63) is 34.1 Å². The molecule has 1 amide bonds. The minimum Gasteiger partial charge on any atom is -0.479 e. The van der Waals surface area contributed by atoms with Gasteiger partial charge in [0.15, 0.2) is 5.54 Å². The van der Waals surface area contributed by atoms with Crippen molar-refractivity contribution >= 4 is 27.8 Å². The van der Waals surface area contributed by atoms with Crippen molar-refractivity contribution in [3.63, 3.8) is 0 Å². The van der Waals surface area contributed by atoms with Crippen molar-refractivity contribution in [1.82, 2.24) is 4.90 Å². The summed E-state index contributed by atoms with van der Waals surface area (Å²) in [5.74, 6) is -2.42. The fourth-order valence-corrected chi connectivity index (χ4v) is 1.97. The summed E-state index contributed by atoms with van der Waals surface area (Å²) < 4.78 is 14.4. The molecule has 1 aromatic rings. The molecule has 1 rings (SSSR count). The first-order valence-corrected chi connectivity index (χ1v) is 5.94. The standard InChI is InChI=1S/C12H13BrFNO3/c1-7(16)15(3)12(2,11(17)18)9-5-4-8(13)6-10(9)14/h4-6H,1-3H3,(H,17,18). The third-order valence-corrected chi connectivity index (χ3v) is 3.51. The van der Waals surface area contributed by atoms with Crippen molar-refractivity contribution in [2.24, 2.45) is 0 Å². The van der Waals surface area contributed by atoms with Crippen LogP contribution in [-0.2, 0) is 15.1 Å². The predicted molar refractivity (Wildman–Crippen MR) is 67.5 cm³/mol. The minimum atomic E-state index is -1.74. The van der Waals surface area contributed by atoms with Gasteiger partial charge in [-0.1, -0.05) is 22.0 Å². The van der Waals surface area contributed by atoms with E-state index in [-0.39, 0.29) is 5.56 Å². The zero-order valence-electron chi connectivity index (χ0n) is 10.2. The Kier molecular flexibility index (Phi) is 4.11. The first-order valence-electron chi connectivity index (χ1n) is 5.14. The van der Waals surface area contributed by atoms with E-state index in [0.29, 0.717) is 4.47 Å². The Morgan fingerprint density at radius 2 is 2.00 bits per heavy atom. The molecular weight excluding hydrogens is 305 g/mol. The Morgan fingerprint density at radius 1 is 1.44 bits per heavy atom. The lowest BCUT2D eigenvalue weighted by Crippen LogP contribution is -2.50. The Bertz CT molecular complexity index is 506. The van der Waals surface area contributed by atoms with Gasteiger partial charge in [-0.3, -0.25) is 4.79 Å². The summed E-state index contributed by atoms with van der Waals surface area (Å²) in [6.07, 6.45) is 0. The number of rotatable bonds is 3. The summed E-state index contributed by atoms with van der Waals surface area (Å²) in [7, 11) is 1.33. The van der Waals surface area contributed by atoms with E-state index in [1.54, 1.807) is 0 Å². The van der Waals surface area contributed by atoms with Crippen LogP contribution in [-0.4, -0.2) is 28.9 Å². The quantitative estimate of drug-likeness (QED) is 0.931. The van der Waals surface area contributed by atoms with Crippen molar-refractivity contribution in [2.45, 2.75) is 19.4 Å². The van der Waals surface area contributed by atoms with Crippen LogP contribution in [0, 0.1) is 5.82 Å². The molecule has 0 aliphatic carbocycles. The van der Waals surface area contributed by atoms with Crippen LogP contribution in [0.3, 0.4) is 0 Å². The number of benzene rings is 1. The Labute approximate surface area is 113 Å². The molecule has 1 unspecified atom stereocenters. The van der Waals surface area contributed by atoms with E-state index in [1.807, 2.05) is 0 Å². The Morgan fingerprint density at radius 3 is 2.39 bits per heavy atom. The summed E-state index contributed by atoms with van der Waals surface area (Å²) in [5, 5.41) is 9.33. The van der Waals surface area contributed by atoms with Crippen LogP contribution in [0.25, 0.3) is 0 Å². The molecule has 6 heteroatoms. The monoisotopic (exact) mass is 317 g/mol. The second-order valence-corrected chi connectivity index (χ2v) is 5.00. The zero-order valence-corrected chi connectivity index (χ0v) is 11.8. The molecule has 0 saturated carbocycles. The topological polar surface area (TPSA) is 57.6 Å². The molecule has 0 spiro atoms. The molecule has 0 aromatic heterocycles. The number of halogens is 2. The smallest absolute Gasteiger partial charge is 0.334 e. The molecule has 1 N–H and O–H groups in total. The summed E-state index contributed by atoms with van der Waals surface area (Å²) >= 11 is 3.10. The number of carbonyl (C=O) groups is 2. The second kappa shape index (κ2) is 5.06. The van der Waals surface area contributed by atoms with Gasteiger partial charge in [0.25, 0.3) is 0 Å². The maximum Gasteiger partial charge on any atom is 0.334 e. The fourth-order valence-electron chi connectivity index (χ4n) is 1.64. The van der Waals surface area contributed by atoms with Crippen molar-refractivity contribution in [2.75, 3.05) is 7.05 Å². The highest BCUT2D eigenvalue weighted by molar-refractivity contribution is 9.10. The highest BCUT2D eigenvalue weighted by atomic mass is 79.9. The first kappa shape index (κ1) is 14.6. The molecule has 1 aromatic carbocycles. The van der Waals surface area contributed by atoms with E-state index < -0.39 is 23.2 Å². The third kappa shape index (κ3) is 2.38. The molecule has 1 atom stereocenters. The molecule has 98 valence electrons.